The van der Waals surface area contributed by atoms with E-state index in [2.05, 4.69) is 0 Å². The van der Waals surface area contributed by atoms with Crippen molar-refractivity contribution in [2.75, 3.05) is 11.5 Å². The van der Waals surface area contributed by atoms with Crippen molar-refractivity contribution in [1.82, 2.24) is 0 Å². The molecule has 1 saturated carbocycles. The van der Waals surface area contributed by atoms with E-state index >= 15 is 0 Å². The Morgan fingerprint density at radius 3 is 2.62 bits per heavy atom. The van der Waals surface area contributed by atoms with Crippen LogP contribution in [-0.4, -0.2) is 34.9 Å². The van der Waals surface area contributed by atoms with Gasteiger partial charge in [0.1, 0.15) is 12.3 Å². The van der Waals surface area contributed by atoms with Crippen molar-refractivity contribution < 1.29 is 14.7 Å². The van der Waals surface area contributed by atoms with Crippen LogP contribution in [0, 0.1) is 5.41 Å². The summed E-state index contributed by atoms with van der Waals surface area (Å²) >= 11 is 1.69. The SMILES string of the molecule is NC(CCSCCC1(C=O)CCC1)C(=O)O. The van der Waals surface area contributed by atoms with E-state index in [4.69, 9.17) is 10.8 Å². The van der Waals surface area contributed by atoms with Gasteiger partial charge in [0.05, 0.1) is 0 Å². The number of carbonyl (C=O) groups is 2. The highest BCUT2D eigenvalue weighted by Crippen LogP contribution is 2.42. The van der Waals surface area contributed by atoms with E-state index in [9.17, 15) is 9.59 Å². The summed E-state index contributed by atoms with van der Waals surface area (Å²) in [4.78, 5) is 21.3. The topological polar surface area (TPSA) is 80.4 Å². The van der Waals surface area contributed by atoms with Crippen molar-refractivity contribution in [3.63, 3.8) is 0 Å². The number of carbonyl (C=O) groups excluding carboxylic acids is 1. The lowest BCUT2D eigenvalue weighted by Gasteiger charge is -2.36. The molecule has 3 N–H and O–H groups in total. The molecule has 0 aliphatic heterocycles. The highest BCUT2D eigenvalue weighted by atomic mass is 32.2. The summed E-state index contributed by atoms with van der Waals surface area (Å²) in [7, 11) is 0. The van der Waals surface area contributed by atoms with Gasteiger partial charge in [-0.25, -0.2) is 0 Å². The normalized spacial score (nSPS) is 19.8. The Bertz CT molecular complexity index is 254. The minimum Gasteiger partial charge on any atom is -0.480 e. The molecule has 0 bridgehead atoms. The van der Waals surface area contributed by atoms with E-state index in [-0.39, 0.29) is 5.41 Å². The maximum atomic E-state index is 10.9. The van der Waals surface area contributed by atoms with Crippen molar-refractivity contribution >= 4 is 24.0 Å². The van der Waals surface area contributed by atoms with Gasteiger partial charge in [0.15, 0.2) is 0 Å². The predicted octanol–water partition coefficient (Wildman–Crippen LogP) is 1.28. The van der Waals surface area contributed by atoms with Crippen LogP contribution in [0.25, 0.3) is 0 Å². The monoisotopic (exact) mass is 245 g/mol. The smallest absolute Gasteiger partial charge is 0.320 e. The summed E-state index contributed by atoms with van der Waals surface area (Å²) in [5, 5.41) is 8.57. The third-order valence-electron chi connectivity index (χ3n) is 3.23. The van der Waals surface area contributed by atoms with Gasteiger partial charge in [0.25, 0.3) is 0 Å². The van der Waals surface area contributed by atoms with Gasteiger partial charge in [0, 0.05) is 5.41 Å². The lowest BCUT2D eigenvalue weighted by molar-refractivity contribution is -0.138. The Hall–Kier alpha value is -0.550. The minimum absolute atomic E-state index is 0.0537. The molecule has 1 rings (SSSR count). The first-order chi connectivity index (χ1) is 7.59. The van der Waals surface area contributed by atoms with Crippen LogP contribution < -0.4 is 5.73 Å². The fourth-order valence-electron chi connectivity index (χ4n) is 1.77. The zero-order valence-corrected chi connectivity index (χ0v) is 10.2. The number of carboxylic acids is 1. The Labute approximate surface area is 100.0 Å². The number of carboxylic acid groups (broad SMARTS) is 1. The molecule has 4 nitrogen and oxygen atoms in total. The molecule has 0 saturated heterocycles. The van der Waals surface area contributed by atoms with E-state index in [0.29, 0.717) is 6.42 Å². The molecule has 1 aliphatic rings. The van der Waals surface area contributed by atoms with E-state index in [1.54, 1.807) is 11.8 Å². The fourth-order valence-corrected chi connectivity index (χ4v) is 2.94. The van der Waals surface area contributed by atoms with Crippen LogP contribution >= 0.6 is 11.8 Å². The third-order valence-corrected chi connectivity index (χ3v) is 4.25. The number of nitrogens with two attached hydrogens (primary N) is 1. The first-order valence-corrected chi connectivity index (χ1v) is 6.78. The van der Waals surface area contributed by atoms with Crippen LogP contribution in [0.1, 0.15) is 32.1 Å². The highest BCUT2D eigenvalue weighted by Gasteiger charge is 2.35. The Balaban J connectivity index is 2.03. The molecule has 16 heavy (non-hydrogen) atoms. The second kappa shape index (κ2) is 6.25. The molecule has 0 heterocycles. The van der Waals surface area contributed by atoms with Crippen molar-refractivity contribution in [1.29, 1.82) is 0 Å². The van der Waals surface area contributed by atoms with Gasteiger partial charge >= 0.3 is 5.97 Å². The van der Waals surface area contributed by atoms with Crippen LogP contribution in [0.15, 0.2) is 0 Å². The Morgan fingerprint density at radius 1 is 1.50 bits per heavy atom. The fraction of sp³-hybridized carbons (Fsp3) is 0.818. The Kier molecular flexibility index (Phi) is 5.28. The van der Waals surface area contributed by atoms with Gasteiger partial charge in [-0.15, -0.1) is 0 Å². The van der Waals surface area contributed by atoms with Gasteiger partial charge in [-0.05, 0) is 37.2 Å². The van der Waals surface area contributed by atoms with Gasteiger partial charge in [-0.2, -0.15) is 11.8 Å². The summed E-state index contributed by atoms with van der Waals surface area (Å²) in [5.41, 5.74) is 5.33. The number of aliphatic carboxylic acids is 1. The first-order valence-electron chi connectivity index (χ1n) is 5.62. The number of aldehydes is 1. The average molecular weight is 245 g/mol. The van der Waals surface area contributed by atoms with Gasteiger partial charge in [-0.3, -0.25) is 4.79 Å². The molecule has 1 unspecified atom stereocenters. The van der Waals surface area contributed by atoms with Crippen molar-refractivity contribution in [3.05, 3.63) is 0 Å². The molecule has 1 fully saturated rings. The molecule has 0 radical (unpaired) electrons. The number of hydrogen-bond donors (Lipinski definition) is 2. The van der Waals surface area contributed by atoms with E-state index in [1.165, 1.54) is 0 Å². The summed E-state index contributed by atoms with van der Waals surface area (Å²) < 4.78 is 0. The summed E-state index contributed by atoms with van der Waals surface area (Å²) in [6.45, 7) is 0. The molecule has 1 atom stereocenters. The highest BCUT2D eigenvalue weighted by molar-refractivity contribution is 7.99. The second-order valence-electron chi connectivity index (χ2n) is 4.43. The molecule has 0 aromatic carbocycles. The lowest BCUT2D eigenvalue weighted by Crippen LogP contribution is -2.32. The van der Waals surface area contributed by atoms with Crippen molar-refractivity contribution in [2.24, 2.45) is 11.1 Å². The largest absolute Gasteiger partial charge is 0.480 e. The third kappa shape index (κ3) is 3.79. The molecule has 0 aromatic rings. The zero-order valence-electron chi connectivity index (χ0n) is 9.35. The standard InChI is InChI=1S/C11H19NO3S/c12-9(10(14)15)2-6-16-7-5-11(8-13)3-1-4-11/h8-9H,1-7,12H2,(H,14,15). The van der Waals surface area contributed by atoms with Crippen LogP contribution in [-0.2, 0) is 9.59 Å². The quantitative estimate of drug-likeness (QED) is 0.497. The van der Waals surface area contributed by atoms with Crippen molar-refractivity contribution in [3.8, 4) is 0 Å². The summed E-state index contributed by atoms with van der Waals surface area (Å²) in [6, 6.07) is -0.753. The van der Waals surface area contributed by atoms with Crippen molar-refractivity contribution in [2.45, 2.75) is 38.1 Å². The molecule has 92 valence electrons. The van der Waals surface area contributed by atoms with Crippen LogP contribution in [0.3, 0.4) is 0 Å². The van der Waals surface area contributed by atoms with Gasteiger partial charge in [-0.1, -0.05) is 6.42 Å². The average Bonchev–Trinajstić information content (AvgIpc) is 2.20. The van der Waals surface area contributed by atoms with Crippen LogP contribution in [0.4, 0.5) is 0 Å². The molecule has 0 amide bonds. The molecule has 5 heteroatoms. The van der Waals surface area contributed by atoms with E-state index in [1.807, 2.05) is 0 Å². The van der Waals surface area contributed by atoms with E-state index < -0.39 is 12.0 Å². The molecule has 0 spiro atoms. The minimum atomic E-state index is -0.941. The molecule has 0 aromatic heterocycles. The summed E-state index contributed by atoms with van der Waals surface area (Å²) in [5.74, 6) is 0.733. The molecular weight excluding hydrogens is 226 g/mol. The predicted molar refractivity (Wildman–Crippen MR) is 64.5 cm³/mol. The Morgan fingerprint density at radius 2 is 2.19 bits per heavy atom. The van der Waals surface area contributed by atoms with Gasteiger partial charge < -0.3 is 15.6 Å². The van der Waals surface area contributed by atoms with Crippen LogP contribution in [0.2, 0.25) is 0 Å². The second-order valence-corrected chi connectivity index (χ2v) is 5.65. The number of hydrogen-bond acceptors (Lipinski definition) is 4. The lowest BCUT2D eigenvalue weighted by atomic mass is 9.68. The van der Waals surface area contributed by atoms with E-state index in [0.717, 1.165) is 43.5 Å². The summed E-state index contributed by atoms with van der Waals surface area (Å²) in [6.07, 6.45) is 5.71. The molecule has 1 aliphatic carbocycles. The van der Waals surface area contributed by atoms with Gasteiger partial charge in [0.2, 0.25) is 0 Å². The first kappa shape index (κ1) is 13.5. The maximum Gasteiger partial charge on any atom is 0.320 e. The number of thioether (sulfide) groups is 1. The molecular formula is C11H19NO3S. The van der Waals surface area contributed by atoms with Crippen LogP contribution in [0.5, 0.6) is 0 Å². The maximum absolute atomic E-state index is 10.9. The number of rotatable bonds is 8. The zero-order chi connectivity index (χ0) is 12.0.